The first-order chi connectivity index (χ1) is 9.74. The van der Waals surface area contributed by atoms with Gasteiger partial charge in [-0.05, 0) is 17.7 Å². The summed E-state index contributed by atoms with van der Waals surface area (Å²) >= 11 is 5.77. The van der Waals surface area contributed by atoms with E-state index in [0.29, 0.717) is 22.1 Å². The van der Waals surface area contributed by atoms with Crippen molar-refractivity contribution < 1.29 is 9.63 Å². The zero-order valence-electron chi connectivity index (χ0n) is 10.3. The van der Waals surface area contributed by atoms with Crippen LogP contribution in [-0.2, 0) is 0 Å². The third-order valence-electron chi connectivity index (χ3n) is 2.75. The highest BCUT2D eigenvalue weighted by Gasteiger charge is 2.18. The second-order valence-electron chi connectivity index (χ2n) is 4.13. The molecule has 0 fully saturated rings. The van der Waals surface area contributed by atoms with E-state index in [1.54, 1.807) is 24.3 Å². The van der Waals surface area contributed by atoms with E-state index >= 15 is 0 Å². The van der Waals surface area contributed by atoms with Gasteiger partial charge in [-0.3, -0.25) is 4.98 Å². The van der Waals surface area contributed by atoms with E-state index in [4.69, 9.17) is 16.1 Å². The second-order valence-corrected chi connectivity index (χ2v) is 4.57. The standard InChI is InChI=1S/C14H10ClN3O2/c15-10-6-7-11(16-8-10)13-17-14(20-18-13)12(19)9-4-2-1-3-5-9/h1-8,12,19H. The van der Waals surface area contributed by atoms with E-state index in [1.165, 1.54) is 6.20 Å². The SMILES string of the molecule is OC(c1ccccc1)c1nc(-c2ccc(Cl)cn2)no1. The van der Waals surface area contributed by atoms with Gasteiger partial charge in [0.15, 0.2) is 6.10 Å². The molecule has 0 amide bonds. The van der Waals surface area contributed by atoms with E-state index < -0.39 is 6.10 Å². The first-order valence-electron chi connectivity index (χ1n) is 5.92. The Morgan fingerprint density at radius 3 is 2.60 bits per heavy atom. The zero-order valence-corrected chi connectivity index (χ0v) is 11.0. The molecular formula is C14H10ClN3O2. The molecule has 0 bridgehead atoms. The summed E-state index contributed by atoms with van der Waals surface area (Å²) in [6.45, 7) is 0. The lowest BCUT2D eigenvalue weighted by atomic mass is 10.1. The zero-order chi connectivity index (χ0) is 13.9. The fourth-order valence-corrected chi connectivity index (χ4v) is 1.85. The van der Waals surface area contributed by atoms with Crippen molar-refractivity contribution in [1.29, 1.82) is 0 Å². The van der Waals surface area contributed by atoms with Crippen molar-refractivity contribution in [2.45, 2.75) is 6.10 Å². The molecule has 5 nitrogen and oxygen atoms in total. The van der Waals surface area contributed by atoms with Crippen molar-refractivity contribution in [3.05, 3.63) is 65.1 Å². The molecule has 100 valence electrons. The van der Waals surface area contributed by atoms with Crippen LogP contribution in [0.4, 0.5) is 0 Å². The van der Waals surface area contributed by atoms with Crippen LogP contribution < -0.4 is 0 Å². The third-order valence-corrected chi connectivity index (χ3v) is 2.97. The van der Waals surface area contributed by atoms with Crippen molar-refractivity contribution in [2.75, 3.05) is 0 Å². The summed E-state index contributed by atoms with van der Waals surface area (Å²) in [6.07, 6.45) is 0.547. The van der Waals surface area contributed by atoms with Gasteiger partial charge in [-0.2, -0.15) is 4.98 Å². The van der Waals surface area contributed by atoms with Gasteiger partial charge in [-0.1, -0.05) is 47.1 Å². The Balaban J connectivity index is 1.89. The number of aliphatic hydroxyl groups excluding tert-OH is 1. The molecule has 0 aliphatic carbocycles. The summed E-state index contributed by atoms with van der Waals surface area (Å²) < 4.78 is 5.08. The van der Waals surface area contributed by atoms with Gasteiger partial charge in [0, 0.05) is 6.20 Å². The van der Waals surface area contributed by atoms with Gasteiger partial charge >= 0.3 is 0 Å². The molecule has 3 rings (SSSR count). The molecule has 2 aromatic heterocycles. The molecule has 2 heterocycles. The van der Waals surface area contributed by atoms with Crippen molar-refractivity contribution in [1.82, 2.24) is 15.1 Å². The van der Waals surface area contributed by atoms with Crippen LogP contribution in [0.1, 0.15) is 17.6 Å². The van der Waals surface area contributed by atoms with E-state index in [1.807, 2.05) is 18.2 Å². The van der Waals surface area contributed by atoms with Gasteiger partial charge in [0.05, 0.1) is 5.02 Å². The first kappa shape index (κ1) is 12.8. The normalized spacial score (nSPS) is 12.3. The van der Waals surface area contributed by atoms with Gasteiger partial charge in [0.1, 0.15) is 5.69 Å². The van der Waals surface area contributed by atoms with Crippen LogP contribution in [0, 0.1) is 0 Å². The maximum absolute atomic E-state index is 10.2. The highest BCUT2D eigenvalue weighted by atomic mass is 35.5. The second kappa shape index (κ2) is 5.40. The Labute approximate surface area is 119 Å². The fraction of sp³-hybridized carbons (Fsp3) is 0.0714. The predicted octanol–water partition coefficient (Wildman–Crippen LogP) is 2.87. The van der Waals surface area contributed by atoms with E-state index in [2.05, 4.69) is 15.1 Å². The van der Waals surface area contributed by atoms with Crippen molar-refractivity contribution >= 4 is 11.6 Å². The Kier molecular flexibility index (Phi) is 3.45. The van der Waals surface area contributed by atoms with E-state index in [9.17, 15) is 5.11 Å². The third kappa shape index (κ3) is 2.54. The average Bonchev–Trinajstić information content (AvgIpc) is 2.98. The van der Waals surface area contributed by atoms with E-state index in [-0.39, 0.29) is 5.89 Å². The molecule has 1 unspecified atom stereocenters. The largest absolute Gasteiger partial charge is 0.378 e. The molecule has 0 saturated heterocycles. The molecule has 0 spiro atoms. The first-order valence-corrected chi connectivity index (χ1v) is 6.30. The molecule has 1 aromatic carbocycles. The Bertz CT molecular complexity index is 698. The summed E-state index contributed by atoms with van der Waals surface area (Å²) in [5, 5.41) is 14.5. The van der Waals surface area contributed by atoms with Gasteiger partial charge in [-0.25, -0.2) is 0 Å². The summed E-state index contributed by atoms with van der Waals surface area (Å²) in [5.74, 6) is 0.439. The smallest absolute Gasteiger partial charge is 0.260 e. The summed E-state index contributed by atoms with van der Waals surface area (Å²) in [4.78, 5) is 8.25. The monoisotopic (exact) mass is 287 g/mol. The summed E-state index contributed by atoms with van der Waals surface area (Å²) in [5.41, 5.74) is 1.22. The predicted molar refractivity (Wildman–Crippen MR) is 73.0 cm³/mol. The Morgan fingerprint density at radius 2 is 1.90 bits per heavy atom. The number of nitrogens with zero attached hydrogens (tertiary/aromatic N) is 3. The Hall–Kier alpha value is -2.24. The van der Waals surface area contributed by atoms with Gasteiger partial charge in [0.2, 0.25) is 5.82 Å². The Morgan fingerprint density at radius 1 is 1.10 bits per heavy atom. The van der Waals surface area contributed by atoms with Crippen molar-refractivity contribution in [3.8, 4) is 11.5 Å². The quantitative estimate of drug-likeness (QED) is 0.802. The number of hydrogen-bond donors (Lipinski definition) is 1. The molecule has 0 radical (unpaired) electrons. The van der Waals surface area contributed by atoms with Crippen LogP contribution in [0.5, 0.6) is 0 Å². The highest BCUT2D eigenvalue weighted by molar-refractivity contribution is 6.30. The summed E-state index contributed by atoms with van der Waals surface area (Å²) in [6, 6.07) is 12.5. The molecule has 1 N–H and O–H groups in total. The minimum Gasteiger partial charge on any atom is -0.378 e. The van der Waals surface area contributed by atoms with Crippen molar-refractivity contribution in [2.24, 2.45) is 0 Å². The average molecular weight is 288 g/mol. The molecule has 20 heavy (non-hydrogen) atoms. The maximum Gasteiger partial charge on any atom is 0.260 e. The highest BCUT2D eigenvalue weighted by Crippen LogP contribution is 2.22. The molecule has 3 aromatic rings. The maximum atomic E-state index is 10.2. The van der Waals surface area contributed by atoms with Gasteiger partial charge < -0.3 is 9.63 Å². The fourth-order valence-electron chi connectivity index (χ4n) is 1.74. The molecule has 0 aliphatic heterocycles. The molecule has 0 aliphatic rings. The number of aliphatic hydroxyl groups is 1. The number of benzene rings is 1. The molecule has 1 atom stereocenters. The minimum atomic E-state index is -0.954. The molecule has 0 saturated carbocycles. The van der Waals surface area contributed by atoms with Crippen LogP contribution in [0.15, 0.2) is 53.2 Å². The number of aromatic nitrogens is 3. The topological polar surface area (TPSA) is 72.0 Å². The lowest BCUT2D eigenvalue weighted by molar-refractivity contribution is 0.170. The lowest BCUT2D eigenvalue weighted by Gasteiger charge is -2.04. The van der Waals surface area contributed by atoms with Crippen LogP contribution in [0.3, 0.4) is 0 Å². The number of hydrogen-bond acceptors (Lipinski definition) is 5. The molecular weight excluding hydrogens is 278 g/mol. The number of rotatable bonds is 3. The minimum absolute atomic E-state index is 0.128. The van der Waals surface area contributed by atoms with Crippen LogP contribution in [-0.4, -0.2) is 20.2 Å². The van der Waals surface area contributed by atoms with Gasteiger partial charge in [0.25, 0.3) is 5.89 Å². The summed E-state index contributed by atoms with van der Waals surface area (Å²) in [7, 11) is 0. The number of pyridine rings is 1. The molecule has 6 heteroatoms. The lowest BCUT2D eigenvalue weighted by Crippen LogP contribution is -1.99. The van der Waals surface area contributed by atoms with Crippen LogP contribution in [0.2, 0.25) is 5.02 Å². The van der Waals surface area contributed by atoms with Crippen LogP contribution in [0.25, 0.3) is 11.5 Å². The van der Waals surface area contributed by atoms with Crippen molar-refractivity contribution in [3.63, 3.8) is 0 Å². The van der Waals surface area contributed by atoms with Crippen LogP contribution >= 0.6 is 11.6 Å². The number of halogens is 1. The van der Waals surface area contributed by atoms with E-state index in [0.717, 1.165) is 0 Å². The van der Waals surface area contributed by atoms with Gasteiger partial charge in [-0.15, -0.1) is 0 Å².